The molecule has 3 heterocycles. The van der Waals surface area contributed by atoms with Gasteiger partial charge in [-0.2, -0.15) is 0 Å². The maximum absolute atomic E-state index is 9.40. The molecule has 0 bridgehead atoms. The summed E-state index contributed by atoms with van der Waals surface area (Å²) in [4.78, 5) is 4.77. The van der Waals surface area contributed by atoms with Crippen molar-refractivity contribution in [2.24, 2.45) is 0 Å². The number of fused-ring (bicyclic) bond motifs is 1. The van der Waals surface area contributed by atoms with Crippen molar-refractivity contribution < 1.29 is 5.11 Å². The summed E-state index contributed by atoms with van der Waals surface area (Å²) >= 11 is 4.09. The largest absolute Gasteiger partial charge is 0.508 e. The molecule has 6 nitrogen and oxygen atoms in total. The van der Waals surface area contributed by atoms with Crippen molar-refractivity contribution in [1.29, 1.82) is 0 Å². The molecule has 0 amide bonds. The zero-order chi connectivity index (χ0) is 17.6. The van der Waals surface area contributed by atoms with Gasteiger partial charge >= 0.3 is 0 Å². The number of piperazine rings is 1. The van der Waals surface area contributed by atoms with Gasteiger partial charge in [0.2, 0.25) is 0 Å². The molecule has 1 aliphatic rings. The summed E-state index contributed by atoms with van der Waals surface area (Å²) in [6, 6.07) is 13.2. The van der Waals surface area contributed by atoms with Crippen LogP contribution in [0.5, 0.6) is 5.75 Å². The number of thiol groups is 1. The van der Waals surface area contributed by atoms with Crippen LogP contribution in [-0.2, 0) is 0 Å². The second kappa shape index (κ2) is 8.22. The summed E-state index contributed by atoms with van der Waals surface area (Å²) in [5.41, 5.74) is 1.96. The molecule has 1 aromatic carbocycles. The molecular weight excluding hydrogens is 334 g/mol. The smallest absolute Gasteiger partial charge is 0.192 e. The van der Waals surface area contributed by atoms with E-state index in [1.807, 2.05) is 40.9 Å². The van der Waals surface area contributed by atoms with Crippen molar-refractivity contribution in [2.75, 3.05) is 37.6 Å². The average Bonchev–Trinajstić information content (AvgIpc) is 3.04. The van der Waals surface area contributed by atoms with Gasteiger partial charge in [-0.1, -0.05) is 19.1 Å². The first-order valence-electron chi connectivity index (χ1n) is 8.42. The Hall–Kier alpha value is -2.25. The Labute approximate surface area is 153 Å². The van der Waals surface area contributed by atoms with Crippen LogP contribution >= 0.6 is 12.6 Å². The van der Waals surface area contributed by atoms with Gasteiger partial charge in [-0.25, -0.2) is 0 Å². The van der Waals surface area contributed by atoms with Crippen LogP contribution in [0.15, 0.2) is 53.8 Å². The van der Waals surface area contributed by atoms with Crippen LogP contribution in [0.25, 0.3) is 5.65 Å². The monoisotopic (exact) mass is 357 g/mol. The Morgan fingerprint density at radius 3 is 2.52 bits per heavy atom. The van der Waals surface area contributed by atoms with E-state index in [9.17, 15) is 5.11 Å². The molecule has 25 heavy (non-hydrogen) atoms. The highest BCUT2D eigenvalue weighted by molar-refractivity contribution is 7.80. The summed E-state index contributed by atoms with van der Waals surface area (Å²) < 4.78 is 1.81. The molecule has 3 aromatic rings. The first kappa shape index (κ1) is 17.6. The van der Waals surface area contributed by atoms with Crippen LogP contribution in [0, 0.1) is 0 Å². The van der Waals surface area contributed by atoms with E-state index in [2.05, 4.69) is 45.6 Å². The highest BCUT2D eigenvalue weighted by Gasteiger charge is 2.15. The molecular formula is C18H23N5OS. The number of nitrogens with zero attached hydrogens (tertiary/aromatic N) is 5. The van der Waals surface area contributed by atoms with E-state index in [1.165, 1.54) is 0 Å². The van der Waals surface area contributed by atoms with Crippen molar-refractivity contribution in [3.8, 4) is 5.75 Å². The Bertz CT molecular complexity index is 814. The van der Waals surface area contributed by atoms with Crippen LogP contribution < -0.4 is 4.90 Å². The Kier molecular flexibility index (Phi) is 5.78. The minimum absolute atomic E-state index is 0.352. The predicted octanol–water partition coefficient (Wildman–Crippen LogP) is 2.55. The topological polar surface area (TPSA) is 56.9 Å². The van der Waals surface area contributed by atoms with Gasteiger partial charge in [0.05, 0.1) is 0 Å². The molecule has 1 aliphatic heterocycles. The minimum Gasteiger partial charge on any atom is -0.508 e. The van der Waals surface area contributed by atoms with Crippen molar-refractivity contribution in [2.45, 2.75) is 12.1 Å². The number of aromatic nitrogens is 3. The summed E-state index contributed by atoms with van der Waals surface area (Å²) in [6.07, 6.45) is 1.87. The fraction of sp³-hybridized carbons (Fsp3) is 0.333. The predicted molar refractivity (Wildman–Crippen MR) is 103 cm³/mol. The zero-order valence-electron chi connectivity index (χ0n) is 14.3. The van der Waals surface area contributed by atoms with Gasteiger partial charge in [-0.05, 0) is 30.8 Å². The molecule has 2 aromatic heterocycles. The Morgan fingerprint density at radius 1 is 1.04 bits per heavy atom. The molecule has 0 aliphatic carbocycles. The Morgan fingerprint density at radius 2 is 1.84 bits per heavy atom. The highest BCUT2D eigenvalue weighted by Crippen LogP contribution is 2.21. The van der Waals surface area contributed by atoms with E-state index in [0.29, 0.717) is 10.9 Å². The molecule has 1 N–H and O–H groups in total. The number of benzene rings is 1. The van der Waals surface area contributed by atoms with Gasteiger partial charge in [0, 0.05) is 44.1 Å². The molecule has 0 unspecified atom stereocenters. The molecule has 1 saturated heterocycles. The number of hydrogen-bond acceptors (Lipinski definition) is 6. The van der Waals surface area contributed by atoms with Gasteiger partial charge in [-0.15, -0.1) is 22.8 Å². The van der Waals surface area contributed by atoms with Crippen molar-refractivity contribution >= 4 is 24.0 Å². The fourth-order valence-corrected chi connectivity index (χ4v) is 3.05. The molecule has 0 radical (unpaired) electrons. The number of pyridine rings is 1. The summed E-state index contributed by atoms with van der Waals surface area (Å²) in [5, 5.41) is 17.7. The minimum atomic E-state index is 0.352. The maximum Gasteiger partial charge on any atom is 0.192 e. The van der Waals surface area contributed by atoms with Gasteiger partial charge in [0.1, 0.15) is 5.75 Å². The molecule has 4 rings (SSSR count). The van der Waals surface area contributed by atoms with Crippen LogP contribution in [0.3, 0.4) is 0 Å². The summed E-state index contributed by atoms with van der Waals surface area (Å²) in [5.74, 6) is 0.352. The van der Waals surface area contributed by atoms with E-state index in [-0.39, 0.29) is 0 Å². The quantitative estimate of drug-likeness (QED) is 0.691. The SMILES string of the molecule is CCN1CCN(c2cccc(O)c2)CC1.Sc1nnc2ccccn12. The molecule has 0 saturated carbocycles. The van der Waals surface area contributed by atoms with Gasteiger partial charge in [-0.3, -0.25) is 4.40 Å². The van der Waals surface area contributed by atoms with E-state index in [0.717, 1.165) is 44.1 Å². The van der Waals surface area contributed by atoms with Crippen molar-refractivity contribution in [3.63, 3.8) is 0 Å². The molecule has 132 valence electrons. The van der Waals surface area contributed by atoms with Crippen LogP contribution in [-0.4, -0.2) is 57.3 Å². The lowest BCUT2D eigenvalue weighted by atomic mass is 10.2. The third-order valence-corrected chi connectivity index (χ3v) is 4.62. The lowest BCUT2D eigenvalue weighted by Crippen LogP contribution is -2.46. The van der Waals surface area contributed by atoms with Crippen molar-refractivity contribution in [1.82, 2.24) is 19.5 Å². The second-order valence-electron chi connectivity index (χ2n) is 5.87. The second-order valence-corrected chi connectivity index (χ2v) is 6.27. The number of likely N-dealkylation sites (N-methyl/N-ethyl adjacent to an activating group) is 1. The average molecular weight is 357 g/mol. The van der Waals surface area contributed by atoms with Crippen LogP contribution in [0.2, 0.25) is 0 Å². The van der Waals surface area contributed by atoms with Gasteiger partial charge in [0.25, 0.3) is 0 Å². The van der Waals surface area contributed by atoms with E-state index in [1.54, 1.807) is 6.07 Å². The standard InChI is InChI=1S/C12H18N2O.C6H5N3S/c1-2-13-6-8-14(9-7-13)11-4-3-5-12(15)10-11;10-6-8-7-5-3-1-2-4-9(5)6/h3-5,10,15H,2,6-9H2,1H3;1-4H,(H,8,10). The zero-order valence-corrected chi connectivity index (χ0v) is 15.2. The molecule has 0 atom stereocenters. The normalized spacial score (nSPS) is 15.0. The van der Waals surface area contributed by atoms with Crippen LogP contribution in [0.4, 0.5) is 5.69 Å². The number of anilines is 1. The van der Waals surface area contributed by atoms with E-state index >= 15 is 0 Å². The fourth-order valence-electron chi connectivity index (χ4n) is 2.84. The third-order valence-electron chi connectivity index (χ3n) is 4.31. The van der Waals surface area contributed by atoms with E-state index < -0.39 is 0 Å². The molecule has 1 fully saturated rings. The number of aromatic hydroxyl groups is 1. The van der Waals surface area contributed by atoms with Crippen molar-refractivity contribution in [3.05, 3.63) is 48.7 Å². The van der Waals surface area contributed by atoms with Gasteiger partial charge in [0.15, 0.2) is 10.8 Å². The molecule has 0 spiro atoms. The first-order chi connectivity index (χ1) is 12.2. The lowest BCUT2D eigenvalue weighted by molar-refractivity contribution is 0.271. The van der Waals surface area contributed by atoms with Gasteiger partial charge < -0.3 is 14.9 Å². The highest BCUT2D eigenvalue weighted by atomic mass is 32.1. The lowest BCUT2D eigenvalue weighted by Gasteiger charge is -2.35. The molecule has 7 heteroatoms. The summed E-state index contributed by atoms with van der Waals surface area (Å²) in [6.45, 7) is 7.67. The number of phenolic OH excluding ortho intramolecular Hbond substituents is 1. The summed E-state index contributed by atoms with van der Waals surface area (Å²) in [7, 11) is 0. The third kappa shape index (κ3) is 4.43. The Balaban J connectivity index is 0.000000157. The maximum atomic E-state index is 9.40. The number of rotatable bonds is 2. The van der Waals surface area contributed by atoms with Crippen LogP contribution in [0.1, 0.15) is 6.92 Å². The first-order valence-corrected chi connectivity index (χ1v) is 8.87. The van der Waals surface area contributed by atoms with E-state index in [4.69, 9.17) is 0 Å². The number of hydrogen-bond donors (Lipinski definition) is 2. The number of phenols is 1.